The summed E-state index contributed by atoms with van der Waals surface area (Å²) in [4.78, 5) is 35.9. The van der Waals surface area contributed by atoms with Gasteiger partial charge in [0, 0.05) is 35.6 Å². The van der Waals surface area contributed by atoms with Crippen molar-refractivity contribution in [1.82, 2.24) is 5.32 Å². The SMILES string of the molecule is CNC(=O)c1cccc(NC(=O)CNc2cccc(NC(=O)C3CC3)c2C)c1. The van der Waals surface area contributed by atoms with E-state index in [2.05, 4.69) is 21.3 Å². The Balaban J connectivity index is 1.58. The highest BCUT2D eigenvalue weighted by Crippen LogP contribution is 2.31. The number of benzene rings is 2. The molecule has 0 bridgehead atoms. The summed E-state index contributed by atoms with van der Waals surface area (Å²) >= 11 is 0. The Bertz CT molecular complexity index is 906. The van der Waals surface area contributed by atoms with Crippen LogP contribution in [0.15, 0.2) is 42.5 Å². The van der Waals surface area contributed by atoms with Gasteiger partial charge in [-0.1, -0.05) is 12.1 Å². The van der Waals surface area contributed by atoms with Crippen LogP contribution in [0, 0.1) is 12.8 Å². The number of anilines is 3. The molecule has 28 heavy (non-hydrogen) atoms. The first-order chi connectivity index (χ1) is 13.5. The van der Waals surface area contributed by atoms with Gasteiger partial charge in [0.15, 0.2) is 0 Å². The van der Waals surface area contributed by atoms with Gasteiger partial charge in [0.2, 0.25) is 11.8 Å². The molecule has 3 amide bonds. The molecule has 0 saturated heterocycles. The topological polar surface area (TPSA) is 99.3 Å². The summed E-state index contributed by atoms with van der Waals surface area (Å²) in [5, 5.41) is 11.4. The molecule has 0 atom stereocenters. The van der Waals surface area contributed by atoms with Crippen molar-refractivity contribution in [3.63, 3.8) is 0 Å². The van der Waals surface area contributed by atoms with Crippen LogP contribution >= 0.6 is 0 Å². The van der Waals surface area contributed by atoms with Gasteiger partial charge in [0.05, 0.1) is 6.54 Å². The van der Waals surface area contributed by atoms with Crippen molar-refractivity contribution < 1.29 is 14.4 Å². The Morgan fingerprint density at radius 2 is 1.71 bits per heavy atom. The van der Waals surface area contributed by atoms with Crippen LogP contribution in [0.25, 0.3) is 0 Å². The Morgan fingerprint density at radius 3 is 2.43 bits per heavy atom. The summed E-state index contributed by atoms with van der Waals surface area (Å²) in [6, 6.07) is 12.3. The minimum absolute atomic E-state index is 0.0500. The van der Waals surface area contributed by atoms with Crippen molar-refractivity contribution in [3.8, 4) is 0 Å². The first kappa shape index (κ1) is 19.4. The summed E-state index contributed by atoms with van der Waals surface area (Å²) in [6.45, 7) is 1.96. The molecule has 0 aliphatic heterocycles. The maximum atomic E-state index is 12.3. The van der Waals surface area contributed by atoms with Crippen LogP contribution in [-0.2, 0) is 9.59 Å². The first-order valence-electron chi connectivity index (χ1n) is 9.24. The van der Waals surface area contributed by atoms with E-state index in [1.165, 1.54) is 0 Å². The fourth-order valence-electron chi connectivity index (χ4n) is 2.81. The molecule has 0 heterocycles. The number of carbonyl (C=O) groups is 3. The molecule has 1 saturated carbocycles. The highest BCUT2D eigenvalue weighted by atomic mass is 16.2. The maximum Gasteiger partial charge on any atom is 0.251 e. The van der Waals surface area contributed by atoms with E-state index in [0.717, 1.165) is 29.8 Å². The number of hydrogen-bond donors (Lipinski definition) is 4. The van der Waals surface area contributed by atoms with E-state index in [-0.39, 0.29) is 30.2 Å². The van der Waals surface area contributed by atoms with Gasteiger partial charge in [-0.3, -0.25) is 14.4 Å². The molecular weight excluding hydrogens is 356 g/mol. The standard InChI is InChI=1S/C21H24N4O3/c1-13-17(7-4-8-18(13)25-21(28)14-9-10-14)23-12-19(26)24-16-6-3-5-15(11-16)20(27)22-2/h3-8,11,14,23H,9-10,12H2,1-2H3,(H,22,27)(H,24,26)(H,25,28). The van der Waals surface area contributed by atoms with Crippen LogP contribution in [-0.4, -0.2) is 31.3 Å². The third kappa shape index (κ3) is 4.88. The molecule has 7 nitrogen and oxygen atoms in total. The smallest absolute Gasteiger partial charge is 0.251 e. The van der Waals surface area contributed by atoms with Crippen molar-refractivity contribution in [1.29, 1.82) is 0 Å². The number of nitrogens with one attached hydrogen (secondary N) is 4. The molecule has 0 unspecified atom stereocenters. The molecule has 1 fully saturated rings. The lowest BCUT2D eigenvalue weighted by molar-refractivity contribution is -0.117. The van der Waals surface area contributed by atoms with Gasteiger partial charge in [-0.2, -0.15) is 0 Å². The predicted molar refractivity (Wildman–Crippen MR) is 109 cm³/mol. The average molecular weight is 380 g/mol. The lowest BCUT2D eigenvalue weighted by Crippen LogP contribution is -2.23. The van der Waals surface area contributed by atoms with Gasteiger partial charge in [-0.05, 0) is 55.7 Å². The zero-order valence-electron chi connectivity index (χ0n) is 16.0. The molecule has 4 N–H and O–H groups in total. The molecule has 2 aromatic rings. The second-order valence-electron chi connectivity index (χ2n) is 6.80. The number of hydrogen-bond acceptors (Lipinski definition) is 4. The van der Waals surface area contributed by atoms with Crippen molar-refractivity contribution in [2.24, 2.45) is 5.92 Å². The number of rotatable bonds is 7. The van der Waals surface area contributed by atoms with Gasteiger partial charge in [0.1, 0.15) is 0 Å². The molecule has 1 aliphatic carbocycles. The van der Waals surface area contributed by atoms with E-state index in [1.807, 2.05) is 25.1 Å². The zero-order valence-corrected chi connectivity index (χ0v) is 16.0. The van der Waals surface area contributed by atoms with E-state index >= 15 is 0 Å². The molecule has 1 aliphatic rings. The second kappa shape index (κ2) is 8.56. The van der Waals surface area contributed by atoms with Crippen molar-refractivity contribution in [3.05, 3.63) is 53.6 Å². The Labute approximate surface area is 163 Å². The number of carbonyl (C=O) groups excluding carboxylic acids is 3. The van der Waals surface area contributed by atoms with Gasteiger partial charge in [0.25, 0.3) is 5.91 Å². The molecular formula is C21H24N4O3. The Morgan fingerprint density at radius 1 is 1.00 bits per heavy atom. The highest BCUT2D eigenvalue weighted by molar-refractivity contribution is 5.98. The first-order valence-corrected chi connectivity index (χ1v) is 9.24. The lowest BCUT2D eigenvalue weighted by atomic mass is 10.1. The van der Waals surface area contributed by atoms with E-state index in [0.29, 0.717) is 11.3 Å². The summed E-state index contributed by atoms with van der Waals surface area (Å²) in [6.07, 6.45) is 1.90. The minimum atomic E-state index is -0.235. The van der Waals surface area contributed by atoms with Crippen LogP contribution in [0.4, 0.5) is 17.1 Å². The summed E-state index contributed by atoms with van der Waals surface area (Å²) in [5.74, 6) is -0.267. The molecule has 7 heteroatoms. The molecule has 0 aromatic heterocycles. The van der Waals surface area contributed by atoms with Crippen LogP contribution in [0.2, 0.25) is 0 Å². The third-order valence-electron chi connectivity index (χ3n) is 4.61. The largest absolute Gasteiger partial charge is 0.376 e. The highest BCUT2D eigenvalue weighted by Gasteiger charge is 2.29. The number of amides is 3. The summed E-state index contributed by atoms with van der Waals surface area (Å²) in [7, 11) is 1.56. The molecule has 0 spiro atoms. The van der Waals surface area contributed by atoms with E-state index in [9.17, 15) is 14.4 Å². The zero-order chi connectivity index (χ0) is 20.1. The fourth-order valence-corrected chi connectivity index (χ4v) is 2.81. The van der Waals surface area contributed by atoms with Gasteiger partial charge >= 0.3 is 0 Å². The van der Waals surface area contributed by atoms with Gasteiger partial charge in [-0.15, -0.1) is 0 Å². The average Bonchev–Trinajstić information content (AvgIpc) is 3.53. The van der Waals surface area contributed by atoms with E-state index < -0.39 is 0 Å². The Kier molecular flexibility index (Phi) is 5.93. The predicted octanol–water partition coefficient (Wildman–Crippen LogP) is 2.75. The van der Waals surface area contributed by atoms with Crippen LogP contribution in [0.5, 0.6) is 0 Å². The normalized spacial score (nSPS) is 12.8. The maximum absolute atomic E-state index is 12.3. The van der Waals surface area contributed by atoms with Gasteiger partial charge < -0.3 is 21.3 Å². The Hall–Kier alpha value is -3.35. The summed E-state index contributed by atoms with van der Waals surface area (Å²) in [5.41, 5.74) is 3.44. The van der Waals surface area contributed by atoms with Crippen molar-refractivity contribution in [2.75, 3.05) is 29.5 Å². The molecule has 2 aromatic carbocycles. The quantitative estimate of drug-likeness (QED) is 0.593. The van der Waals surface area contributed by atoms with E-state index in [1.54, 1.807) is 31.3 Å². The minimum Gasteiger partial charge on any atom is -0.376 e. The second-order valence-corrected chi connectivity index (χ2v) is 6.80. The monoisotopic (exact) mass is 380 g/mol. The fraction of sp³-hybridized carbons (Fsp3) is 0.286. The van der Waals surface area contributed by atoms with Crippen LogP contribution in [0.3, 0.4) is 0 Å². The van der Waals surface area contributed by atoms with Crippen LogP contribution < -0.4 is 21.3 Å². The lowest BCUT2D eigenvalue weighted by Gasteiger charge is -2.14. The van der Waals surface area contributed by atoms with Crippen LogP contribution in [0.1, 0.15) is 28.8 Å². The molecule has 3 rings (SSSR count). The van der Waals surface area contributed by atoms with E-state index in [4.69, 9.17) is 0 Å². The van der Waals surface area contributed by atoms with Gasteiger partial charge in [-0.25, -0.2) is 0 Å². The molecule has 146 valence electrons. The third-order valence-corrected chi connectivity index (χ3v) is 4.61. The van der Waals surface area contributed by atoms with Crippen molar-refractivity contribution in [2.45, 2.75) is 19.8 Å². The molecule has 0 radical (unpaired) electrons. The summed E-state index contributed by atoms with van der Waals surface area (Å²) < 4.78 is 0. The van der Waals surface area contributed by atoms with Crippen molar-refractivity contribution >= 4 is 34.8 Å².